The quantitative estimate of drug-likeness (QED) is 0.434. The van der Waals surface area contributed by atoms with Gasteiger partial charge in [-0.3, -0.25) is 4.79 Å². The molecule has 0 radical (unpaired) electrons. The Hall–Kier alpha value is -2.42. The van der Waals surface area contributed by atoms with Gasteiger partial charge in [0.05, 0.1) is 16.2 Å². The summed E-state index contributed by atoms with van der Waals surface area (Å²) in [6, 6.07) is 14.7. The summed E-state index contributed by atoms with van der Waals surface area (Å²) in [5.41, 5.74) is 3.67. The minimum absolute atomic E-state index is 0.0612. The number of amides is 1. The third-order valence-corrected chi connectivity index (χ3v) is 9.38. The van der Waals surface area contributed by atoms with Crippen molar-refractivity contribution >= 4 is 44.3 Å². The molecule has 1 aliphatic heterocycles. The van der Waals surface area contributed by atoms with Gasteiger partial charge in [0.2, 0.25) is 15.9 Å². The molecule has 0 spiro atoms. The SMILES string of the molecule is CC[C@@H]1CCCCN1S(=O)(=O)c1ccc(NC(=O)CSc2nc3c(C)cccc3cc2C)cc1. The minimum Gasteiger partial charge on any atom is -0.325 e. The number of aryl methyl sites for hydroxylation is 2. The average Bonchev–Trinajstić information content (AvgIpc) is 2.83. The van der Waals surface area contributed by atoms with Crippen LogP contribution in [0.4, 0.5) is 5.69 Å². The molecular formula is C26H31N3O3S2. The van der Waals surface area contributed by atoms with Crippen molar-refractivity contribution < 1.29 is 13.2 Å². The number of nitrogens with one attached hydrogen (secondary N) is 1. The van der Waals surface area contributed by atoms with Crippen LogP contribution in [0, 0.1) is 13.8 Å². The largest absolute Gasteiger partial charge is 0.325 e. The van der Waals surface area contributed by atoms with E-state index < -0.39 is 10.0 Å². The fourth-order valence-electron chi connectivity index (χ4n) is 4.46. The van der Waals surface area contributed by atoms with E-state index in [2.05, 4.69) is 11.4 Å². The van der Waals surface area contributed by atoms with Crippen LogP contribution in [0.1, 0.15) is 43.7 Å². The molecular weight excluding hydrogens is 466 g/mol. The van der Waals surface area contributed by atoms with Crippen molar-refractivity contribution in [3.63, 3.8) is 0 Å². The highest BCUT2D eigenvalue weighted by Crippen LogP contribution is 2.28. The molecule has 1 atom stereocenters. The fourth-order valence-corrected chi connectivity index (χ4v) is 7.01. The number of benzene rings is 2. The van der Waals surface area contributed by atoms with Gasteiger partial charge in [-0.25, -0.2) is 13.4 Å². The Morgan fingerprint density at radius 1 is 1.12 bits per heavy atom. The van der Waals surface area contributed by atoms with E-state index in [4.69, 9.17) is 4.98 Å². The second kappa shape index (κ2) is 10.5. The Bertz CT molecular complexity index is 1290. The molecule has 0 aliphatic carbocycles. The Labute approximate surface area is 206 Å². The lowest BCUT2D eigenvalue weighted by atomic mass is 10.0. The van der Waals surface area contributed by atoms with Crippen LogP contribution in [-0.4, -0.2) is 42.0 Å². The molecule has 0 unspecified atom stereocenters. The molecule has 6 nitrogen and oxygen atoms in total. The number of aromatic nitrogens is 1. The zero-order valence-electron chi connectivity index (χ0n) is 19.9. The number of nitrogens with zero attached hydrogens (tertiary/aromatic N) is 2. The lowest BCUT2D eigenvalue weighted by molar-refractivity contribution is -0.113. The van der Waals surface area contributed by atoms with E-state index in [0.717, 1.165) is 52.7 Å². The summed E-state index contributed by atoms with van der Waals surface area (Å²) < 4.78 is 27.9. The monoisotopic (exact) mass is 497 g/mol. The van der Waals surface area contributed by atoms with Crippen molar-refractivity contribution in [2.45, 2.75) is 62.4 Å². The van der Waals surface area contributed by atoms with E-state index >= 15 is 0 Å². The van der Waals surface area contributed by atoms with Gasteiger partial charge in [-0.15, -0.1) is 0 Å². The molecule has 0 bridgehead atoms. The van der Waals surface area contributed by atoms with Gasteiger partial charge in [0.1, 0.15) is 5.03 Å². The summed E-state index contributed by atoms with van der Waals surface area (Å²) in [5, 5.41) is 4.79. The first-order valence-corrected chi connectivity index (χ1v) is 14.1. The highest BCUT2D eigenvalue weighted by Gasteiger charge is 2.32. The second-order valence-corrected chi connectivity index (χ2v) is 11.6. The Morgan fingerprint density at radius 2 is 1.88 bits per heavy atom. The summed E-state index contributed by atoms with van der Waals surface area (Å²) in [5.74, 6) is 0.0609. The van der Waals surface area contributed by atoms with Crippen LogP contribution in [0.15, 0.2) is 58.5 Å². The topological polar surface area (TPSA) is 79.4 Å². The van der Waals surface area contributed by atoms with Gasteiger partial charge >= 0.3 is 0 Å². The summed E-state index contributed by atoms with van der Waals surface area (Å²) in [4.78, 5) is 17.6. The number of thioether (sulfide) groups is 1. The van der Waals surface area contributed by atoms with Gasteiger partial charge in [-0.05, 0) is 74.6 Å². The maximum atomic E-state index is 13.1. The van der Waals surface area contributed by atoms with Gasteiger partial charge in [0.15, 0.2) is 0 Å². The van der Waals surface area contributed by atoms with Crippen LogP contribution < -0.4 is 5.32 Å². The maximum Gasteiger partial charge on any atom is 0.243 e. The van der Waals surface area contributed by atoms with Gasteiger partial charge < -0.3 is 5.32 Å². The number of carbonyl (C=O) groups is 1. The number of rotatable bonds is 7. The highest BCUT2D eigenvalue weighted by atomic mass is 32.2. The van der Waals surface area contributed by atoms with Crippen molar-refractivity contribution in [1.29, 1.82) is 0 Å². The van der Waals surface area contributed by atoms with E-state index in [0.29, 0.717) is 12.2 Å². The molecule has 1 amide bonds. The van der Waals surface area contributed by atoms with Crippen LogP contribution in [0.5, 0.6) is 0 Å². The Kier molecular flexibility index (Phi) is 7.60. The fraction of sp³-hybridized carbons (Fsp3) is 0.385. The number of pyridine rings is 1. The van der Waals surface area contributed by atoms with Crippen LogP contribution in [0.2, 0.25) is 0 Å². The lowest BCUT2D eigenvalue weighted by Crippen LogP contribution is -2.43. The Balaban J connectivity index is 1.40. The first-order valence-electron chi connectivity index (χ1n) is 11.7. The predicted molar refractivity (Wildman–Crippen MR) is 139 cm³/mol. The van der Waals surface area contributed by atoms with Crippen LogP contribution in [0.25, 0.3) is 10.9 Å². The summed E-state index contributed by atoms with van der Waals surface area (Å²) in [6.07, 6.45) is 3.69. The molecule has 4 rings (SSSR count). The molecule has 1 fully saturated rings. The molecule has 3 aromatic rings. The Morgan fingerprint density at radius 3 is 2.62 bits per heavy atom. The van der Waals surface area contributed by atoms with Crippen LogP contribution in [-0.2, 0) is 14.8 Å². The number of anilines is 1. The van der Waals surface area contributed by atoms with Crippen molar-refractivity contribution in [3.8, 4) is 0 Å². The number of carbonyl (C=O) groups excluding carboxylic acids is 1. The second-order valence-electron chi connectivity index (χ2n) is 8.79. The van der Waals surface area contributed by atoms with Gasteiger partial charge in [-0.2, -0.15) is 4.31 Å². The number of para-hydroxylation sites is 1. The highest BCUT2D eigenvalue weighted by molar-refractivity contribution is 8.00. The first-order chi connectivity index (χ1) is 16.3. The van der Waals surface area contributed by atoms with Crippen molar-refractivity contribution in [3.05, 3.63) is 59.7 Å². The van der Waals surface area contributed by atoms with E-state index in [9.17, 15) is 13.2 Å². The molecule has 0 saturated carbocycles. The maximum absolute atomic E-state index is 13.1. The van der Waals surface area contributed by atoms with Crippen molar-refractivity contribution in [2.24, 2.45) is 0 Å². The van der Waals surface area contributed by atoms with E-state index in [-0.39, 0.29) is 22.6 Å². The standard InChI is InChI=1S/C26H31N3O3S2/c1-4-22-10-5-6-15-29(22)34(31,32)23-13-11-21(12-14-23)27-24(30)17-33-26-19(3)16-20-9-7-8-18(2)25(20)28-26/h7-9,11-14,16,22H,4-6,10,15,17H2,1-3H3,(H,27,30)/t22-/m1/s1. The summed E-state index contributed by atoms with van der Waals surface area (Å²) in [7, 11) is -3.53. The number of hydrogen-bond acceptors (Lipinski definition) is 5. The first kappa shape index (κ1) is 24.7. The summed E-state index contributed by atoms with van der Waals surface area (Å²) in [6.45, 7) is 6.63. The molecule has 1 saturated heterocycles. The zero-order valence-corrected chi connectivity index (χ0v) is 21.5. The van der Waals surface area contributed by atoms with E-state index in [1.165, 1.54) is 11.8 Å². The molecule has 1 aliphatic rings. The van der Waals surface area contributed by atoms with Gasteiger partial charge in [0.25, 0.3) is 0 Å². The molecule has 8 heteroatoms. The molecule has 34 heavy (non-hydrogen) atoms. The van der Waals surface area contributed by atoms with Crippen LogP contribution in [0.3, 0.4) is 0 Å². The number of fused-ring (bicyclic) bond motifs is 1. The van der Waals surface area contributed by atoms with Crippen molar-refractivity contribution in [1.82, 2.24) is 9.29 Å². The normalized spacial score (nSPS) is 17.1. The third-order valence-electron chi connectivity index (χ3n) is 6.32. The van der Waals surface area contributed by atoms with Crippen molar-refractivity contribution in [2.75, 3.05) is 17.6 Å². The average molecular weight is 498 g/mol. The van der Waals surface area contributed by atoms with Gasteiger partial charge in [-0.1, -0.05) is 43.3 Å². The zero-order chi connectivity index (χ0) is 24.3. The summed E-state index contributed by atoms with van der Waals surface area (Å²) >= 11 is 1.40. The van der Waals surface area contributed by atoms with E-state index in [1.807, 2.05) is 39.0 Å². The predicted octanol–water partition coefficient (Wildman–Crippen LogP) is 5.54. The number of piperidine rings is 1. The molecule has 2 heterocycles. The number of sulfonamides is 1. The van der Waals surface area contributed by atoms with Gasteiger partial charge in [0, 0.05) is 23.7 Å². The molecule has 180 valence electrons. The molecule has 1 aromatic heterocycles. The molecule has 2 aromatic carbocycles. The van der Waals surface area contributed by atoms with Crippen LogP contribution >= 0.6 is 11.8 Å². The minimum atomic E-state index is -3.53. The lowest BCUT2D eigenvalue weighted by Gasteiger charge is -2.34. The molecule has 1 N–H and O–H groups in total. The van der Waals surface area contributed by atoms with E-state index in [1.54, 1.807) is 28.6 Å². The number of hydrogen-bond donors (Lipinski definition) is 1. The smallest absolute Gasteiger partial charge is 0.243 e. The third kappa shape index (κ3) is 5.29.